The van der Waals surface area contributed by atoms with Gasteiger partial charge in [0, 0.05) is 75.2 Å². The molecule has 0 radical (unpaired) electrons. The highest BCUT2D eigenvalue weighted by Gasteiger charge is 2.26. The second-order valence-corrected chi connectivity index (χ2v) is 20.4. The highest BCUT2D eigenvalue weighted by atomic mass is 32.1. The average Bonchev–Trinajstić information content (AvgIpc) is 4.28. The minimum Gasteiger partial charge on any atom is -0.310 e. The van der Waals surface area contributed by atoms with Crippen molar-refractivity contribution >= 4 is 80.8 Å². The molecule has 0 unspecified atom stereocenters. The van der Waals surface area contributed by atoms with Crippen LogP contribution in [-0.4, -0.2) is 24.1 Å². The highest BCUT2D eigenvalue weighted by Crippen LogP contribution is 2.50. The molecular weight excluding hydrogens is 931 g/mol. The molecule has 4 heterocycles. The van der Waals surface area contributed by atoms with Crippen LogP contribution in [0.4, 0.5) is 0 Å². The Bertz CT molecular complexity index is 4540. The third-order valence-electron chi connectivity index (χ3n) is 15.0. The van der Waals surface area contributed by atoms with Crippen molar-refractivity contribution in [2.24, 2.45) is 0 Å². The third-order valence-corrected chi connectivity index (χ3v) is 16.2. The number of allylic oxidation sites excluding steroid dienone is 4. The van der Waals surface area contributed by atoms with E-state index in [1.54, 1.807) is 0 Å². The Morgan fingerprint density at radius 2 is 0.760 bits per heavy atom. The summed E-state index contributed by atoms with van der Waals surface area (Å²) in [7, 11) is 0. The van der Waals surface area contributed by atoms with Gasteiger partial charge in [-0.15, -0.1) is 11.3 Å². The molecule has 0 spiro atoms. The van der Waals surface area contributed by atoms with Crippen LogP contribution in [-0.2, 0) is 0 Å². The van der Waals surface area contributed by atoms with Crippen molar-refractivity contribution < 1.29 is 0 Å². The first-order valence-electron chi connectivity index (χ1n) is 25.7. The van der Waals surface area contributed by atoms with Gasteiger partial charge in [-0.25, -0.2) is 15.0 Å². The molecule has 0 bridgehead atoms. The first-order valence-corrected chi connectivity index (χ1v) is 26.5. The number of thiophene rings is 1. The SMILES string of the molecule is C1=CC(n2c3ccccc3c3c4sc5c(ccc6c5c5ccccc5n6-c5c(-c6ccccc6)cc(-c6nc(-c7ccccc7)nc(-c7ccc(-c8ccccc8)cc7)n6)cc5-c5ccccc5)c4ccc32)=CCC1. The summed E-state index contributed by atoms with van der Waals surface area (Å²) in [5.74, 6) is 1.84. The summed E-state index contributed by atoms with van der Waals surface area (Å²) in [5.41, 5.74) is 16.5. The molecule has 1 aliphatic carbocycles. The summed E-state index contributed by atoms with van der Waals surface area (Å²) in [4.78, 5) is 15.8. The topological polar surface area (TPSA) is 48.5 Å². The summed E-state index contributed by atoms with van der Waals surface area (Å²) in [6.45, 7) is 0. The van der Waals surface area contributed by atoms with Crippen molar-refractivity contribution in [3.05, 3.63) is 249 Å². The quantitative estimate of drug-likeness (QED) is 0.152. The van der Waals surface area contributed by atoms with E-state index in [0.717, 1.165) is 79.6 Å². The van der Waals surface area contributed by atoms with Gasteiger partial charge in [0.15, 0.2) is 17.5 Å². The fourth-order valence-corrected chi connectivity index (χ4v) is 13.0. The molecule has 75 heavy (non-hydrogen) atoms. The molecule has 0 aliphatic heterocycles. The lowest BCUT2D eigenvalue weighted by Gasteiger charge is -2.21. The van der Waals surface area contributed by atoms with Crippen LogP contribution in [0.2, 0.25) is 0 Å². The summed E-state index contributed by atoms with van der Waals surface area (Å²) >= 11 is 1.93. The van der Waals surface area contributed by atoms with E-state index in [0.29, 0.717) is 17.5 Å². The minimum absolute atomic E-state index is 0.601. The van der Waals surface area contributed by atoms with Gasteiger partial charge in [-0.3, -0.25) is 0 Å². The Balaban J connectivity index is 0.996. The smallest absolute Gasteiger partial charge is 0.164 e. The third kappa shape index (κ3) is 7.09. The van der Waals surface area contributed by atoms with E-state index in [1.165, 1.54) is 58.4 Å². The van der Waals surface area contributed by atoms with E-state index in [2.05, 4.69) is 234 Å². The van der Waals surface area contributed by atoms with Gasteiger partial charge in [0.2, 0.25) is 0 Å². The van der Waals surface area contributed by atoms with Crippen LogP contribution >= 0.6 is 11.3 Å². The van der Waals surface area contributed by atoms with Crippen LogP contribution in [0, 0.1) is 0 Å². The molecule has 5 nitrogen and oxygen atoms in total. The van der Waals surface area contributed by atoms with Gasteiger partial charge < -0.3 is 9.13 Å². The molecular formula is C69H45N5S. The van der Waals surface area contributed by atoms with Gasteiger partial charge >= 0.3 is 0 Å². The number of aromatic nitrogens is 5. The Morgan fingerprint density at radius 3 is 1.29 bits per heavy atom. The number of benzene rings is 10. The van der Waals surface area contributed by atoms with Crippen LogP contribution in [0.25, 0.3) is 143 Å². The highest BCUT2D eigenvalue weighted by molar-refractivity contribution is 7.27. The maximum atomic E-state index is 5.35. The second-order valence-electron chi connectivity index (χ2n) is 19.4. The van der Waals surface area contributed by atoms with Crippen molar-refractivity contribution in [2.45, 2.75) is 12.8 Å². The molecule has 0 N–H and O–H groups in total. The molecule has 4 aromatic heterocycles. The van der Waals surface area contributed by atoms with E-state index in [-0.39, 0.29) is 0 Å². The lowest BCUT2D eigenvalue weighted by Crippen LogP contribution is -2.04. The summed E-state index contributed by atoms with van der Waals surface area (Å²) in [6, 6.07) is 82.7. The van der Waals surface area contributed by atoms with Crippen molar-refractivity contribution in [3.63, 3.8) is 0 Å². The zero-order chi connectivity index (χ0) is 49.4. The molecule has 15 rings (SSSR count). The number of fused-ring (bicyclic) bond motifs is 11. The molecule has 1 aliphatic rings. The molecule has 10 aromatic carbocycles. The zero-order valence-corrected chi connectivity index (χ0v) is 41.5. The van der Waals surface area contributed by atoms with E-state index >= 15 is 0 Å². The van der Waals surface area contributed by atoms with Gasteiger partial charge in [-0.1, -0.05) is 206 Å². The lowest BCUT2D eigenvalue weighted by molar-refractivity contribution is 1.02. The van der Waals surface area contributed by atoms with E-state index in [1.807, 2.05) is 35.6 Å². The van der Waals surface area contributed by atoms with Gasteiger partial charge in [0.25, 0.3) is 0 Å². The fraction of sp³-hybridized carbons (Fsp3) is 0.0290. The average molecular weight is 976 g/mol. The maximum absolute atomic E-state index is 5.35. The summed E-state index contributed by atoms with van der Waals surface area (Å²) in [6.07, 6.45) is 9.10. The van der Waals surface area contributed by atoms with Crippen LogP contribution < -0.4 is 0 Å². The lowest BCUT2D eigenvalue weighted by atomic mass is 9.92. The Labute approximate surface area is 437 Å². The first-order chi connectivity index (χ1) is 37.2. The van der Waals surface area contributed by atoms with Crippen molar-refractivity contribution in [1.29, 1.82) is 0 Å². The van der Waals surface area contributed by atoms with Crippen LogP contribution in [0.1, 0.15) is 12.8 Å². The molecule has 0 fully saturated rings. The predicted molar refractivity (Wildman–Crippen MR) is 315 cm³/mol. The zero-order valence-electron chi connectivity index (χ0n) is 40.7. The molecule has 352 valence electrons. The number of hydrogen-bond donors (Lipinski definition) is 0. The van der Waals surface area contributed by atoms with Crippen molar-refractivity contribution in [3.8, 4) is 73.2 Å². The Kier molecular flexibility index (Phi) is 10.1. The predicted octanol–water partition coefficient (Wildman–Crippen LogP) is 18.6. The largest absolute Gasteiger partial charge is 0.310 e. The van der Waals surface area contributed by atoms with E-state index in [9.17, 15) is 0 Å². The van der Waals surface area contributed by atoms with Crippen LogP contribution in [0.5, 0.6) is 0 Å². The molecule has 0 saturated heterocycles. The summed E-state index contributed by atoms with van der Waals surface area (Å²) in [5, 5.41) is 7.64. The number of para-hydroxylation sites is 2. The minimum atomic E-state index is 0.601. The van der Waals surface area contributed by atoms with Crippen LogP contribution in [0.15, 0.2) is 249 Å². The second kappa shape index (κ2) is 17.6. The standard InChI is InChI=1S/C69H45N5S/c1-6-20-44(21-7-1)45-34-36-49(37-35-45)68-70-67(48-26-12-4-13-27-48)71-69(72-68)50-42-56(46-22-8-2-9-23-46)64(57(43-50)47-24-10-3-11-25-47)74-59-33-19-17-31-55(59)63-61(74)41-39-53-52-38-40-60-62(65(52)75-66(53)63)54-30-16-18-32-58(54)73(60)51-28-14-5-15-29-51/h1-4,6-14,16-43H,5,15H2. The van der Waals surface area contributed by atoms with Crippen LogP contribution in [0.3, 0.4) is 0 Å². The van der Waals surface area contributed by atoms with Crippen molar-refractivity contribution in [2.75, 3.05) is 0 Å². The van der Waals surface area contributed by atoms with E-state index in [4.69, 9.17) is 15.0 Å². The molecule has 0 saturated carbocycles. The molecule has 6 heteroatoms. The fourth-order valence-electron chi connectivity index (χ4n) is 11.6. The monoisotopic (exact) mass is 975 g/mol. The number of nitrogens with zero attached hydrogens (tertiary/aromatic N) is 5. The molecule has 0 amide bonds. The normalized spacial score (nSPS) is 12.7. The van der Waals surface area contributed by atoms with Gasteiger partial charge in [-0.2, -0.15) is 0 Å². The summed E-state index contributed by atoms with van der Waals surface area (Å²) < 4.78 is 7.60. The first kappa shape index (κ1) is 43.1. The number of hydrogen-bond acceptors (Lipinski definition) is 4. The number of rotatable bonds is 8. The Hall–Kier alpha value is -9.49. The van der Waals surface area contributed by atoms with Crippen molar-refractivity contribution in [1.82, 2.24) is 24.1 Å². The molecule has 14 aromatic rings. The Morgan fingerprint density at radius 1 is 0.333 bits per heavy atom. The van der Waals surface area contributed by atoms with Gasteiger partial charge in [-0.05, 0) is 77.6 Å². The van der Waals surface area contributed by atoms with E-state index < -0.39 is 0 Å². The molecule has 0 atom stereocenters. The maximum Gasteiger partial charge on any atom is 0.164 e. The van der Waals surface area contributed by atoms with Gasteiger partial charge in [0.1, 0.15) is 0 Å². The van der Waals surface area contributed by atoms with Gasteiger partial charge in [0.05, 0.1) is 27.8 Å².